The Balaban J connectivity index is 1.98. The van der Waals surface area contributed by atoms with Gasteiger partial charge in [-0.05, 0) is 30.4 Å². The van der Waals surface area contributed by atoms with E-state index in [0.717, 1.165) is 12.1 Å². The monoisotopic (exact) mass is 300 g/mol. The molecular weight excluding hydrogens is 280 g/mol. The average Bonchev–Trinajstić information content (AvgIpc) is 3.06. The van der Waals surface area contributed by atoms with Gasteiger partial charge in [0.15, 0.2) is 0 Å². The van der Waals surface area contributed by atoms with Crippen molar-refractivity contribution >= 4 is 16.3 Å². The van der Waals surface area contributed by atoms with Crippen LogP contribution in [0.1, 0.15) is 25.5 Å². The number of aryl methyl sites for hydroxylation is 1. The largest absolute Gasteiger partial charge is 0.237 e. The van der Waals surface area contributed by atoms with Crippen LogP contribution in [0.4, 0.5) is 0 Å². The van der Waals surface area contributed by atoms with Gasteiger partial charge in [0.25, 0.3) is 0 Å². The van der Waals surface area contributed by atoms with Crippen molar-refractivity contribution in [3.63, 3.8) is 0 Å². The summed E-state index contributed by atoms with van der Waals surface area (Å²) in [5.74, 6) is 0. The van der Waals surface area contributed by atoms with E-state index in [1.165, 1.54) is 40.4 Å². The van der Waals surface area contributed by atoms with E-state index in [4.69, 9.17) is 5.10 Å². The van der Waals surface area contributed by atoms with Gasteiger partial charge in [-0.2, -0.15) is 5.10 Å². The lowest BCUT2D eigenvalue weighted by Gasteiger charge is -2.07. The number of fused-ring (bicyclic) bond motifs is 3. The number of unbranched alkanes of at least 4 members (excludes halogenated alkanes) is 1. The van der Waals surface area contributed by atoms with Crippen LogP contribution in [0, 0.1) is 0 Å². The highest BCUT2D eigenvalue weighted by atomic mass is 15.2. The first-order chi connectivity index (χ1) is 11.4. The third-order valence-electron chi connectivity index (χ3n) is 4.40. The molecule has 0 aliphatic rings. The summed E-state index contributed by atoms with van der Waals surface area (Å²) in [7, 11) is 0. The Labute approximate surface area is 136 Å². The van der Waals surface area contributed by atoms with Crippen LogP contribution < -0.4 is 0 Å². The van der Waals surface area contributed by atoms with Gasteiger partial charge < -0.3 is 0 Å². The van der Waals surface area contributed by atoms with Gasteiger partial charge in [0, 0.05) is 16.6 Å². The van der Waals surface area contributed by atoms with Gasteiger partial charge in [-0.3, -0.25) is 0 Å². The van der Waals surface area contributed by atoms with Gasteiger partial charge in [-0.15, -0.1) is 0 Å². The molecule has 0 aliphatic carbocycles. The smallest absolute Gasteiger partial charge is 0.0934 e. The van der Waals surface area contributed by atoms with E-state index in [9.17, 15) is 0 Å². The predicted octanol–water partition coefficient (Wildman–Crippen LogP) is 5.50. The topological polar surface area (TPSA) is 17.3 Å². The molecular formula is C21H20N2. The van der Waals surface area contributed by atoms with Gasteiger partial charge in [0.2, 0.25) is 0 Å². The molecule has 2 heterocycles. The number of nitrogens with zero attached hydrogens (tertiary/aromatic N) is 2. The molecule has 0 amide bonds. The minimum Gasteiger partial charge on any atom is -0.237 e. The zero-order valence-electron chi connectivity index (χ0n) is 13.4. The standard InChI is InChI=1S/C21H20N2/c1-2-3-12-18-14-17-11-7-8-13-19(17)21-15-20(22-23(18)21)16-9-5-4-6-10-16/h4-11,13-15H,2-3,12H2,1H3. The summed E-state index contributed by atoms with van der Waals surface area (Å²) in [6, 6.07) is 23.5. The van der Waals surface area contributed by atoms with Crippen molar-refractivity contribution < 1.29 is 0 Å². The molecule has 2 heteroatoms. The molecule has 0 radical (unpaired) electrons. The van der Waals surface area contributed by atoms with Crippen LogP contribution in [0.2, 0.25) is 0 Å². The van der Waals surface area contributed by atoms with Crippen molar-refractivity contribution in [2.45, 2.75) is 26.2 Å². The van der Waals surface area contributed by atoms with Gasteiger partial charge in [0.05, 0.1) is 11.2 Å². The lowest BCUT2D eigenvalue weighted by Crippen LogP contribution is -1.99. The molecule has 0 aliphatic heterocycles. The predicted molar refractivity (Wildman–Crippen MR) is 96.7 cm³/mol. The van der Waals surface area contributed by atoms with E-state index in [2.05, 4.69) is 72.1 Å². The van der Waals surface area contributed by atoms with Gasteiger partial charge in [-0.25, -0.2) is 4.52 Å². The van der Waals surface area contributed by atoms with E-state index < -0.39 is 0 Å². The molecule has 0 N–H and O–H groups in total. The maximum Gasteiger partial charge on any atom is 0.0934 e. The summed E-state index contributed by atoms with van der Waals surface area (Å²) in [5, 5.41) is 7.47. The quantitative estimate of drug-likeness (QED) is 0.486. The van der Waals surface area contributed by atoms with Crippen molar-refractivity contribution in [2.75, 3.05) is 0 Å². The maximum absolute atomic E-state index is 4.90. The van der Waals surface area contributed by atoms with Crippen LogP contribution in [0.5, 0.6) is 0 Å². The van der Waals surface area contributed by atoms with Crippen molar-refractivity contribution in [2.24, 2.45) is 0 Å². The lowest BCUT2D eigenvalue weighted by molar-refractivity contribution is 0.746. The molecule has 2 aromatic carbocycles. The highest BCUT2D eigenvalue weighted by Gasteiger charge is 2.11. The van der Waals surface area contributed by atoms with Crippen LogP contribution in [-0.2, 0) is 6.42 Å². The summed E-state index contributed by atoms with van der Waals surface area (Å²) >= 11 is 0. The van der Waals surface area contributed by atoms with Crippen molar-refractivity contribution in [1.29, 1.82) is 0 Å². The first-order valence-corrected chi connectivity index (χ1v) is 8.32. The average molecular weight is 300 g/mol. The molecule has 4 rings (SSSR count). The van der Waals surface area contributed by atoms with Gasteiger partial charge in [-0.1, -0.05) is 67.9 Å². The van der Waals surface area contributed by atoms with E-state index >= 15 is 0 Å². The van der Waals surface area contributed by atoms with E-state index in [0.29, 0.717) is 0 Å². The Morgan fingerprint density at radius 3 is 2.52 bits per heavy atom. The van der Waals surface area contributed by atoms with Crippen LogP contribution in [-0.4, -0.2) is 9.61 Å². The number of hydrogen-bond acceptors (Lipinski definition) is 1. The number of benzene rings is 2. The summed E-state index contributed by atoms with van der Waals surface area (Å²) in [6.45, 7) is 2.23. The summed E-state index contributed by atoms with van der Waals surface area (Å²) < 4.78 is 2.14. The highest BCUT2D eigenvalue weighted by Crippen LogP contribution is 2.27. The van der Waals surface area contributed by atoms with Crippen molar-refractivity contribution in [1.82, 2.24) is 9.61 Å². The molecule has 0 saturated carbocycles. The Kier molecular flexibility index (Phi) is 3.58. The fourth-order valence-electron chi connectivity index (χ4n) is 3.17. The molecule has 0 saturated heterocycles. The fraction of sp³-hybridized carbons (Fsp3) is 0.190. The van der Waals surface area contributed by atoms with Crippen LogP contribution in [0.15, 0.2) is 66.7 Å². The van der Waals surface area contributed by atoms with E-state index in [1.54, 1.807) is 0 Å². The van der Waals surface area contributed by atoms with Crippen LogP contribution in [0.3, 0.4) is 0 Å². The summed E-state index contributed by atoms with van der Waals surface area (Å²) in [5.41, 5.74) is 4.71. The molecule has 0 unspecified atom stereocenters. The molecule has 4 aromatic rings. The zero-order chi connectivity index (χ0) is 15.6. The van der Waals surface area contributed by atoms with Crippen LogP contribution in [0.25, 0.3) is 27.5 Å². The summed E-state index contributed by atoms with van der Waals surface area (Å²) in [6.07, 6.45) is 3.45. The number of pyridine rings is 1. The molecule has 0 fully saturated rings. The minimum atomic E-state index is 1.04. The second kappa shape index (κ2) is 5.88. The first kappa shape index (κ1) is 14.0. The van der Waals surface area contributed by atoms with E-state index in [-0.39, 0.29) is 0 Å². The molecule has 0 atom stereocenters. The van der Waals surface area contributed by atoms with Crippen LogP contribution >= 0.6 is 0 Å². The third-order valence-corrected chi connectivity index (χ3v) is 4.40. The fourth-order valence-corrected chi connectivity index (χ4v) is 3.17. The summed E-state index contributed by atoms with van der Waals surface area (Å²) in [4.78, 5) is 0. The third kappa shape index (κ3) is 2.50. The molecule has 0 bridgehead atoms. The zero-order valence-corrected chi connectivity index (χ0v) is 13.4. The second-order valence-corrected chi connectivity index (χ2v) is 6.02. The maximum atomic E-state index is 4.90. The molecule has 0 spiro atoms. The number of aromatic nitrogens is 2. The van der Waals surface area contributed by atoms with Crippen molar-refractivity contribution in [3.8, 4) is 11.3 Å². The molecule has 2 nitrogen and oxygen atoms in total. The molecule has 23 heavy (non-hydrogen) atoms. The Morgan fingerprint density at radius 2 is 1.70 bits per heavy atom. The van der Waals surface area contributed by atoms with Gasteiger partial charge in [0.1, 0.15) is 0 Å². The SMILES string of the molecule is CCCCc1cc2ccccc2c2cc(-c3ccccc3)nn12. The Morgan fingerprint density at radius 1 is 0.913 bits per heavy atom. The van der Waals surface area contributed by atoms with Gasteiger partial charge >= 0.3 is 0 Å². The van der Waals surface area contributed by atoms with E-state index in [1.807, 2.05) is 6.07 Å². The molecule has 2 aromatic heterocycles. The van der Waals surface area contributed by atoms with Crippen molar-refractivity contribution in [3.05, 3.63) is 72.4 Å². The normalized spacial score (nSPS) is 11.3. The Bertz CT molecular complexity index is 952. The molecule has 114 valence electrons. The Hall–Kier alpha value is -2.61. The second-order valence-electron chi connectivity index (χ2n) is 6.02. The first-order valence-electron chi connectivity index (χ1n) is 8.32. The minimum absolute atomic E-state index is 1.04. The lowest BCUT2D eigenvalue weighted by atomic mass is 10.1. The number of hydrogen-bond donors (Lipinski definition) is 0. The number of rotatable bonds is 4. The highest BCUT2D eigenvalue weighted by molar-refractivity contribution is 5.97.